The van der Waals surface area contributed by atoms with Crippen LogP contribution in [0, 0.1) is 0 Å². The highest BCUT2D eigenvalue weighted by molar-refractivity contribution is 9.10. The molecule has 1 aliphatic carbocycles. The summed E-state index contributed by atoms with van der Waals surface area (Å²) >= 11 is 3.46. The quantitative estimate of drug-likeness (QED) is 0.527. The summed E-state index contributed by atoms with van der Waals surface area (Å²) in [6.45, 7) is 6.86. The van der Waals surface area contributed by atoms with Crippen LogP contribution in [0.4, 0.5) is 10.5 Å². The molecule has 3 rings (SSSR count). The lowest BCUT2D eigenvalue weighted by Crippen LogP contribution is -2.30. The van der Waals surface area contributed by atoms with Crippen LogP contribution in [-0.4, -0.2) is 34.0 Å². The first-order valence-electron chi connectivity index (χ1n) is 9.16. The number of carbonyl (C=O) groups is 3. The van der Waals surface area contributed by atoms with Crippen molar-refractivity contribution in [3.63, 3.8) is 0 Å². The van der Waals surface area contributed by atoms with E-state index in [1.165, 1.54) is 6.92 Å². The molecule has 0 saturated heterocycles. The number of hydrogen-bond donors (Lipinski definition) is 2. The molecule has 7 nitrogen and oxygen atoms in total. The van der Waals surface area contributed by atoms with Crippen LogP contribution in [0.2, 0.25) is 0 Å². The first-order chi connectivity index (χ1) is 13.0. The van der Waals surface area contributed by atoms with Crippen LogP contribution in [0.1, 0.15) is 50.9 Å². The molecule has 8 heteroatoms. The molecule has 0 radical (unpaired) electrons. The van der Waals surface area contributed by atoms with Gasteiger partial charge in [-0.25, -0.2) is 4.79 Å². The Labute approximate surface area is 171 Å². The molecule has 1 heterocycles. The number of ketones is 1. The number of fused-ring (bicyclic) bond motifs is 1. The van der Waals surface area contributed by atoms with E-state index in [0.29, 0.717) is 26.6 Å². The Morgan fingerprint density at radius 3 is 2.50 bits per heavy atom. The lowest BCUT2D eigenvalue weighted by atomic mass is 10.1. The van der Waals surface area contributed by atoms with Crippen LogP contribution < -0.4 is 10.6 Å². The number of urea groups is 1. The van der Waals surface area contributed by atoms with Gasteiger partial charge in [0.25, 0.3) is 0 Å². The Morgan fingerprint density at radius 2 is 1.93 bits per heavy atom. The Hall–Kier alpha value is -2.35. The van der Waals surface area contributed by atoms with E-state index < -0.39 is 11.6 Å². The third kappa shape index (κ3) is 4.92. The first kappa shape index (κ1) is 20.4. The Kier molecular flexibility index (Phi) is 5.52. The van der Waals surface area contributed by atoms with Gasteiger partial charge in [0.15, 0.2) is 5.78 Å². The summed E-state index contributed by atoms with van der Waals surface area (Å²) in [5.74, 6) is -0.504. The van der Waals surface area contributed by atoms with E-state index in [4.69, 9.17) is 4.74 Å². The van der Waals surface area contributed by atoms with Gasteiger partial charge in [0.1, 0.15) is 12.1 Å². The average molecular weight is 450 g/mol. The fourth-order valence-electron chi connectivity index (χ4n) is 2.90. The van der Waals surface area contributed by atoms with Crippen LogP contribution >= 0.6 is 15.9 Å². The van der Waals surface area contributed by atoms with Gasteiger partial charge in [0.05, 0.1) is 11.2 Å². The highest BCUT2D eigenvalue weighted by Crippen LogP contribution is 2.32. The number of amides is 2. The van der Waals surface area contributed by atoms with E-state index >= 15 is 0 Å². The molecule has 1 aliphatic rings. The minimum absolute atomic E-state index is 0.0314. The van der Waals surface area contributed by atoms with Gasteiger partial charge in [-0.2, -0.15) is 0 Å². The largest absolute Gasteiger partial charge is 0.459 e. The second-order valence-corrected chi connectivity index (χ2v) is 8.89. The van der Waals surface area contributed by atoms with Crippen molar-refractivity contribution in [3.05, 3.63) is 28.4 Å². The predicted octanol–water partition coefficient (Wildman–Crippen LogP) is 4.23. The highest BCUT2D eigenvalue weighted by atomic mass is 79.9. The molecule has 1 fully saturated rings. The third-order valence-corrected chi connectivity index (χ3v) is 4.89. The molecule has 0 unspecified atom stereocenters. The molecule has 0 bridgehead atoms. The van der Waals surface area contributed by atoms with Crippen molar-refractivity contribution in [2.24, 2.45) is 0 Å². The molecule has 150 valence electrons. The molecular formula is C20H24BrN3O4. The number of Topliss-reactive ketones (excluding diaryl/α,β-unsaturated/α-hetero) is 1. The van der Waals surface area contributed by atoms with Gasteiger partial charge < -0.3 is 19.9 Å². The zero-order valence-corrected chi connectivity index (χ0v) is 18.0. The maximum atomic E-state index is 12.3. The van der Waals surface area contributed by atoms with Crippen molar-refractivity contribution < 1.29 is 19.1 Å². The Morgan fingerprint density at radius 1 is 1.25 bits per heavy atom. The molecule has 1 aromatic carbocycles. The van der Waals surface area contributed by atoms with Crippen LogP contribution in [0.15, 0.2) is 22.8 Å². The third-order valence-electron chi connectivity index (χ3n) is 4.23. The van der Waals surface area contributed by atoms with Crippen molar-refractivity contribution in [1.29, 1.82) is 0 Å². The lowest BCUT2D eigenvalue weighted by Gasteiger charge is -2.20. The molecule has 2 aromatic rings. The van der Waals surface area contributed by atoms with Crippen LogP contribution in [0.5, 0.6) is 0 Å². The molecule has 1 aromatic heterocycles. The van der Waals surface area contributed by atoms with Gasteiger partial charge in [-0.3, -0.25) is 9.59 Å². The van der Waals surface area contributed by atoms with Gasteiger partial charge in [-0.1, -0.05) is 0 Å². The van der Waals surface area contributed by atoms with Crippen molar-refractivity contribution >= 4 is 50.3 Å². The zero-order valence-electron chi connectivity index (χ0n) is 16.4. The number of benzene rings is 1. The topological polar surface area (TPSA) is 89.4 Å². The number of rotatable bonds is 5. The number of nitrogens with one attached hydrogen (secondary N) is 2. The Balaban J connectivity index is 1.95. The maximum Gasteiger partial charge on any atom is 0.326 e. The first-order valence-corrected chi connectivity index (χ1v) is 9.95. The molecule has 0 atom stereocenters. The number of esters is 1. The molecule has 1 saturated carbocycles. The number of hydrogen-bond acceptors (Lipinski definition) is 4. The molecule has 0 aliphatic heterocycles. The zero-order chi connectivity index (χ0) is 20.6. The SMILES string of the molecule is CC(=O)c1cn(CC(=O)OC(C)(C)C)c2cc(NC(=O)NC3CC3)c(Br)cc12. The maximum absolute atomic E-state index is 12.3. The molecule has 2 N–H and O–H groups in total. The van der Waals surface area contributed by atoms with E-state index in [-0.39, 0.29) is 24.4 Å². The predicted molar refractivity (Wildman–Crippen MR) is 111 cm³/mol. The lowest BCUT2D eigenvalue weighted by molar-refractivity contribution is -0.155. The normalized spacial score (nSPS) is 14.0. The fraction of sp³-hybridized carbons (Fsp3) is 0.450. The average Bonchev–Trinajstić information content (AvgIpc) is 3.28. The number of nitrogens with zero attached hydrogens (tertiary/aromatic N) is 1. The van der Waals surface area contributed by atoms with Gasteiger partial charge in [0, 0.05) is 27.7 Å². The van der Waals surface area contributed by atoms with Crippen molar-refractivity contribution in [1.82, 2.24) is 9.88 Å². The molecule has 28 heavy (non-hydrogen) atoms. The minimum Gasteiger partial charge on any atom is -0.459 e. The van der Waals surface area contributed by atoms with Crippen LogP contribution in [0.25, 0.3) is 10.9 Å². The number of halogens is 1. The van der Waals surface area contributed by atoms with Crippen molar-refractivity contribution in [2.75, 3.05) is 5.32 Å². The summed E-state index contributed by atoms with van der Waals surface area (Å²) in [7, 11) is 0. The summed E-state index contributed by atoms with van der Waals surface area (Å²) in [5.41, 5.74) is 1.14. The summed E-state index contributed by atoms with van der Waals surface area (Å²) in [6, 6.07) is 3.50. The number of aromatic nitrogens is 1. The van der Waals surface area contributed by atoms with Gasteiger partial charge in [-0.15, -0.1) is 0 Å². The minimum atomic E-state index is -0.597. The standard InChI is InChI=1S/C20H24BrN3O4/c1-11(25)14-9-24(10-18(26)28-20(2,3)4)17-8-16(15(21)7-13(14)17)23-19(27)22-12-5-6-12/h7-9,12H,5-6,10H2,1-4H3,(H2,22,23,27). The monoisotopic (exact) mass is 449 g/mol. The van der Waals surface area contributed by atoms with Gasteiger partial charge >= 0.3 is 12.0 Å². The van der Waals surface area contributed by atoms with E-state index in [9.17, 15) is 14.4 Å². The molecular weight excluding hydrogens is 426 g/mol. The number of anilines is 1. The summed E-state index contributed by atoms with van der Waals surface area (Å²) in [4.78, 5) is 36.5. The fourth-order valence-corrected chi connectivity index (χ4v) is 3.34. The second kappa shape index (κ2) is 7.58. The van der Waals surface area contributed by atoms with Crippen LogP contribution in [-0.2, 0) is 16.1 Å². The molecule has 0 spiro atoms. The number of carbonyl (C=O) groups excluding carboxylic acids is 3. The Bertz CT molecular complexity index is 954. The summed E-state index contributed by atoms with van der Waals surface area (Å²) in [6.07, 6.45) is 3.64. The smallest absolute Gasteiger partial charge is 0.326 e. The second-order valence-electron chi connectivity index (χ2n) is 8.04. The van der Waals surface area contributed by atoms with E-state index in [1.54, 1.807) is 43.7 Å². The van der Waals surface area contributed by atoms with Crippen molar-refractivity contribution in [2.45, 2.75) is 58.7 Å². The van der Waals surface area contributed by atoms with Crippen molar-refractivity contribution in [3.8, 4) is 0 Å². The molecule has 2 amide bonds. The van der Waals surface area contributed by atoms with E-state index in [0.717, 1.165) is 12.8 Å². The summed E-state index contributed by atoms with van der Waals surface area (Å²) < 4.78 is 7.73. The van der Waals surface area contributed by atoms with Gasteiger partial charge in [-0.05, 0) is 68.6 Å². The summed E-state index contributed by atoms with van der Waals surface area (Å²) in [5, 5.41) is 6.39. The van der Waals surface area contributed by atoms with Crippen LogP contribution in [0.3, 0.4) is 0 Å². The highest BCUT2D eigenvalue weighted by Gasteiger charge is 2.24. The van der Waals surface area contributed by atoms with E-state index in [2.05, 4.69) is 26.6 Å². The number of ether oxygens (including phenoxy) is 1. The van der Waals surface area contributed by atoms with E-state index in [1.807, 2.05) is 0 Å². The van der Waals surface area contributed by atoms with Gasteiger partial charge in [0.2, 0.25) is 0 Å².